The molecular weight excluding hydrogens is 965 g/mol. The molecule has 0 fully saturated rings. The van der Waals surface area contributed by atoms with Crippen molar-refractivity contribution in [1.29, 1.82) is 0 Å². The molecule has 3 aliphatic heterocycles. The van der Waals surface area contributed by atoms with E-state index in [0.29, 0.717) is 11.4 Å². The van der Waals surface area contributed by atoms with Crippen LogP contribution in [-0.2, 0) is 5.41 Å². The van der Waals surface area contributed by atoms with Gasteiger partial charge in [-0.25, -0.2) is 0 Å². The van der Waals surface area contributed by atoms with Gasteiger partial charge in [0.15, 0.2) is 0 Å². The summed E-state index contributed by atoms with van der Waals surface area (Å²) in [6.45, 7) is 12.6. The number of benzene rings is 8. The van der Waals surface area contributed by atoms with Gasteiger partial charge >= 0.3 is 345 Å². The Morgan fingerprint density at radius 3 is 1.88 bits per heavy atom. The van der Waals surface area contributed by atoms with Gasteiger partial charge < -0.3 is 0 Å². The summed E-state index contributed by atoms with van der Waals surface area (Å²) < 4.78 is 15.0. The molecule has 0 radical (unpaired) electrons. The number of anilines is 4. The quantitative estimate of drug-likeness (QED) is 0.149. The Bertz CT molecular complexity index is 3780. The molecule has 5 nitrogen and oxygen atoms in total. The minimum absolute atomic E-state index is 0.0332. The minimum atomic E-state index is -3.56. The van der Waals surface area contributed by atoms with E-state index in [2.05, 4.69) is 261 Å². The zero-order chi connectivity index (χ0) is 49.2. The van der Waals surface area contributed by atoms with E-state index in [1.807, 2.05) is 6.20 Å². The normalized spacial score (nSPS) is 16.4. The number of pyridine rings is 1. The van der Waals surface area contributed by atoms with Crippen molar-refractivity contribution in [3.8, 4) is 39.6 Å². The molecule has 2 aromatic heterocycles. The van der Waals surface area contributed by atoms with E-state index in [1.165, 1.54) is 65.7 Å². The van der Waals surface area contributed by atoms with Gasteiger partial charge in [0.2, 0.25) is 0 Å². The summed E-state index contributed by atoms with van der Waals surface area (Å²) in [4.78, 5) is 10.1. The van der Waals surface area contributed by atoms with Crippen LogP contribution in [0.25, 0.3) is 45.1 Å². The van der Waals surface area contributed by atoms with E-state index < -0.39 is 21.3 Å². The summed E-state index contributed by atoms with van der Waals surface area (Å²) in [5.74, 6) is 2.63. The molecule has 1 aliphatic carbocycles. The molecule has 8 aromatic carbocycles. The van der Waals surface area contributed by atoms with Crippen molar-refractivity contribution in [3.63, 3.8) is 0 Å². The van der Waals surface area contributed by atoms with Crippen molar-refractivity contribution in [3.05, 3.63) is 229 Å². The predicted molar refractivity (Wildman–Crippen MR) is 310 cm³/mol. The van der Waals surface area contributed by atoms with Crippen molar-refractivity contribution in [2.75, 3.05) is 16.5 Å². The summed E-state index contributed by atoms with van der Waals surface area (Å²) >= 11 is -3.56. The molecule has 0 N–H and O–H groups in total. The van der Waals surface area contributed by atoms with E-state index in [-0.39, 0.29) is 5.41 Å². The Balaban J connectivity index is 0.935. The second-order valence-electron chi connectivity index (χ2n) is 21.9. The molecule has 4 aliphatic rings. The molecule has 354 valence electrons. The van der Waals surface area contributed by atoms with Gasteiger partial charge in [-0.15, -0.1) is 0 Å². The number of para-hydroxylation sites is 3. The standard InChI is InChI=1S/C66H56GeN4OSi/c1-66(2,3)46-37-38-68-62(39-46)71-58-34-20-31-54-63(58)64-55(67(54)52-29-12-16-35-60(52)73(4,5)61-36-17-13-30-53(61)67)41-49(42-59(64)71)72-48-26-18-25-47(40-48)69-43-70(57-33-15-14-32-56(57)69)65-50(44-21-8-6-9-22-44)27-19-28-51(65)45-23-10-7-11-24-45/h6-30,32-42,54H,31,43H2,1-5H3. The molecule has 0 saturated carbocycles. The summed E-state index contributed by atoms with van der Waals surface area (Å²) in [6.07, 6.45) is 7.88. The molecule has 10 aromatic rings. The van der Waals surface area contributed by atoms with Gasteiger partial charge in [0.25, 0.3) is 0 Å². The molecule has 5 heterocycles. The molecule has 14 rings (SSSR count). The van der Waals surface area contributed by atoms with Gasteiger partial charge in [-0.1, -0.05) is 78.9 Å². The zero-order valence-corrected chi connectivity index (χ0v) is 45.1. The average Bonchev–Trinajstić information content (AvgIpc) is 4.10. The molecule has 7 heteroatoms. The van der Waals surface area contributed by atoms with Gasteiger partial charge in [0.05, 0.1) is 0 Å². The number of nitrogens with zero attached hydrogens (tertiary/aromatic N) is 4. The fourth-order valence-electron chi connectivity index (χ4n) is 13.3. The third-order valence-corrected chi connectivity index (χ3v) is 32.5. The molecule has 0 amide bonds. The number of allylic oxidation sites excluding steroid dienone is 1. The summed E-state index contributed by atoms with van der Waals surface area (Å²) in [6, 6.07) is 74.4. The van der Waals surface area contributed by atoms with Crippen LogP contribution in [-0.4, -0.2) is 37.6 Å². The maximum absolute atomic E-state index is 7.37. The van der Waals surface area contributed by atoms with Gasteiger partial charge in [-0.3, -0.25) is 0 Å². The molecule has 0 saturated heterocycles. The SMILES string of the molecule is CC(C)(C)c1ccnc(-n2c3c4c5[c](cc(Oc6cccc(N7CN(c8c(-c9ccccc9)cccc8-c8ccccc8)c8ccccc87)c6)cc52)[Ge]2([c]5ccccc5[Si](C)(C)c5cccc[c]52)[CH]4CC=C3)c1. The third-order valence-electron chi connectivity index (χ3n) is 16.5. The fourth-order valence-corrected chi connectivity index (χ4v) is 34.7. The number of hydrogen-bond acceptors (Lipinski definition) is 4. The van der Waals surface area contributed by atoms with Crippen LogP contribution in [0.2, 0.25) is 13.1 Å². The van der Waals surface area contributed by atoms with Crippen LogP contribution in [0.5, 0.6) is 11.5 Å². The second kappa shape index (κ2) is 16.4. The fraction of sp³-hybridized carbons (Fsp3) is 0.136. The Morgan fingerprint density at radius 1 is 0.589 bits per heavy atom. The van der Waals surface area contributed by atoms with Gasteiger partial charge in [-0.2, -0.15) is 0 Å². The molecular formula is C66H56GeN4OSi. The number of ether oxygens (including phenoxy) is 1. The first-order chi connectivity index (χ1) is 35.6. The van der Waals surface area contributed by atoms with Gasteiger partial charge in [0.1, 0.15) is 0 Å². The number of rotatable bonds is 7. The first-order valence-corrected chi connectivity index (χ1v) is 33.2. The second-order valence-corrected chi connectivity index (χ2v) is 34.5. The van der Waals surface area contributed by atoms with Crippen LogP contribution in [0.3, 0.4) is 0 Å². The maximum atomic E-state index is 7.37. The summed E-state index contributed by atoms with van der Waals surface area (Å²) in [5.41, 5.74) is 14.6. The Hall–Kier alpha value is -7.65. The number of aromatic nitrogens is 2. The third kappa shape index (κ3) is 6.56. The molecule has 73 heavy (non-hydrogen) atoms. The van der Waals surface area contributed by atoms with Crippen LogP contribution >= 0.6 is 0 Å². The average molecular weight is 1020 g/mol. The molecule has 1 spiro atoms. The topological polar surface area (TPSA) is 33.5 Å². The van der Waals surface area contributed by atoms with Gasteiger partial charge in [-0.05, 0) is 11.1 Å². The molecule has 1 atom stereocenters. The Morgan fingerprint density at radius 2 is 1.21 bits per heavy atom. The number of hydrogen-bond donors (Lipinski definition) is 0. The van der Waals surface area contributed by atoms with Crippen LogP contribution in [0.1, 0.15) is 48.8 Å². The molecule has 1 unspecified atom stereocenters. The van der Waals surface area contributed by atoms with Crippen molar-refractivity contribution < 1.29 is 4.74 Å². The van der Waals surface area contributed by atoms with E-state index in [9.17, 15) is 0 Å². The predicted octanol–water partition coefficient (Wildman–Crippen LogP) is 13.4. The summed E-state index contributed by atoms with van der Waals surface area (Å²) in [7, 11) is -2.03. The van der Waals surface area contributed by atoms with Crippen molar-refractivity contribution in [2.45, 2.75) is 50.5 Å². The molecule has 0 bridgehead atoms. The van der Waals surface area contributed by atoms with Crippen LogP contribution < -0.4 is 38.1 Å². The van der Waals surface area contributed by atoms with Crippen LogP contribution in [0.4, 0.5) is 22.7 Å². The van der Waals surface area contributed by atoms with Crippen molar-refractivity contribution in [1.82, 2.24) is 9.55 Å². The zero-order valence-electron chi connectivity index (χ0n) is 42.0. The number of fused-ring (bicyclic) bond motifs is 7. The van der Waals surface area contributed by atoms with E-state index in [4.69, 9.17) is 9.72 Å². The summed E-state index contributed by atoms with van der Waals surface area (Å²) in [5, 5.41) is 4.63. The Labute approximate surface area is 432 Å². The first-order valence-electron chi connectivity index (χ1n) is 25.8. The monoisotopic (exact) mass is 1020 g/mol. The van der Waals surface area contributed by atoms with Crippen molar-refractivity contribution in [2.24, 2.45) is 0 Å². The van der Waals surface area contributed by atoms with Crippen LogP contribution in [0, 0.1) is 0 Å². The van der Waals surface area contributed by atoms with Crippen molar-refractivity contribution >= 4 is 84.6 Å². The Kier molecular flexibility index (Phi) is 9.92. The first kappa shape index (κ1) is 44.1. The van der Waals surface area contributed by atoms with E-state index in [1.54, 1.807) is 19.2 Å². The van der Waals surface area contributed by atoms with Crippen LogP contribution in [0.15, 0.2) is 212 Å². The van der Waals surface area contributed by atoms with Gasteiger partial charge in [0, 0.05) is 0 Å². The van der Waals surface area contributed by atoms with E-state index in [0.717, 1.165) is 35.1 Å². The van der Waals surface area contributed by atoms with E-state index >= 15 is 0 Å².